The Balaban J connectivity index is 1.56. The Morgan fingerprint density at radius 3 is 1.53 bits per heavy atom. The fraction of sp³-hybridized carbons (Fsp3) is 0.786. The molecule has 10 N–H and O–H groups in total. The fourth-order valence-corrected chi connectivity index (χ4v) is 6.77. The topological polar surface area (TPSA) is 284 Å². The van der Waals surface area contributed by atoms with Crippen LogP contribution in [0.3, 0.4) is 0 Å². The van der Waals surface area contributed by atoms with E-state index in [4.69, 9.17) is 33.2 Å². The Hall–Kier alpha value is -2.21. The van der Waals surface area contributed by atoms with Gasteiger partial charge in [-0.05, 0) is 51.4 Å². The zero-order valence-electron chi connectivity index (χ0n) is 34.7. The highest BCUT2D eigenvalue weighted by atomic mass is 16.7. The van der Waals surface area contributed by atoms with E-state index in [2.05, 4.69) is 43.4 Å². The van der Waals surface area contributed by atoms with Crippen LogP contribution in [0.25, 0.3) is 0 Å². The number of carbonyl (C=O) groups excluding carboxylic acids is 1. The average Bonchev–Trinajstić information content (AvgIpc) is 3.24. The van der Waals surface area contributed by atoms with Crippen LogP contribution >= 0.6 is 0 Å². The largest absolute Gasteiger partial charge is 0.457 e. The molecule has 0 aromatic heterocycles. The first-order chi connectivity index (χ1) is 28.9. The predicted molar refractivity (Wildman–Crippen MR) is 214 cm³/mol. The van der Waals surface area contributed by atoms with E-state index in [0.717, 1.165) is 25.7 Å². The second-order valence-electron chi connectivity index (χ2n) is 15.2. The molecule has 3 aliphatic rings. The lowest BCUT2D eigenvalue weighted by Gasteiger charge is -2.46. The zero-order chi connectivity index (χ0) is 44.0. The van der Waals surface area contributed by atoms with E-state index < -0.39 is 131 Å². The molecule has 0 aliphatic carbocycles. The first kappa shape index (κ1) is 52.1. The third-order valence-electron chi connectivity index (χ3n) is 10.4. The van der Waals surface area contributed by atoms with Gasteiger partial charge in [0.1, 0.15) is 73.2 Å². The molecule has 3 fully saturated rings. The summed E-state index contributed by atoms with van der Waals surface area (Å²) in [7, 11) is 0. The molecule has 0 aromatic carbocycles. The molecule has 16 atom stereocenters. The van der Waals surface area contributed by atoms with Gasteiger partial charge in [0.2, 0.25) is 0 Å². The van der Waals surface area contributed by atoms with Crippen LogP contribution in [-0.4, -0.2) is 182 Å². The van der Waals surface area contributed by atoms with Gasteiger partial charge < -0.3 is 84.2 Å². The molecule has 60 heavy (non-hydrogen) atoms. The second kappa shape index (κ2) is 28.5. The van der Waals surface area contributed by atoms with Crippen LogP contribution in [0.2, 0.25) is 0 Å². The summed E-state index contributed by atoms with van der Waals surface area (Å²) in [5, 5.41) is 103. The van der Waals surface area contributed by atoms with Crippen LogP contribution in [0.1, 0.15) is 84.5 Å². The van der Waals surface area contributed by atoms with Crippen molar-refractivity contribution in [3.05, 3.63) is 48.6 Å². The van der Waals surface area contributed by atoms with Crippen molar-refractivity contribution in [2.45, 2.75) is 183 Å². The number of allylic oxidation sites excluding steroid dienone is 8. The van der Waals surface area contributed by atoms with Crippen LogP contribution < -0.4 is 0 Å². The van der Waals surface area contributed by atoms with Gasteiger partial charge in [0.25, 0.3) is 0 Å². The quantitative estimate of drug-likeness (QED) is 0.0309. The molecule has 0 spiro atoms. The highest BCUT2D eigenvalue weighted by molar-refractivity contribution is 5.69. The van der Waals surface area contributed by atoms with Crippen molar-refractivity contribution in [1.29, 1.82) is 0 Å². The number of unbranched alkanes of at least 4 members (excludes halogenated alkanes) is 4. The predicted octanol–water partition coefficient (Wildman–Crippen LogP) is -0.0812. The summed E-state index contributed by atoms with van der Waals surface area (Å²) in [5.41, 5.74) is 0. The molecule has 18 nitrogen and oxygen atoms in total. The lowest BCUT2D eigenvalue weighted by molar-refractivity contribution is -0.360. The Bertz CT molecular complexity index is 1290. The molecule has 0 aromatic rings. The summed E-state index contributed by atoms with van der Waals surface area (Å²) in [5.74, 6) is -0.632. The molecule has 18 heteroatoms. The van der Waals surface area contributed by atoms with E-state index >= 15 is 0 Å². The minimum absolute atomic E-state index is 0.0102. The Kier molecular flexibility index (Phi) is 24.7. The standard InChI is InChI=1S/C42H70O18/c1-3-5-6-7-8-9-10-11-12-13-14-15-16-17-18-19-20-21-30(45)56-26(24-54-40-36(51)34(49)31(46)28(22-43)58-40)25-55-41-38(53)39(33(48)27(4-2)57-41)60-42-37(52)35(50)32(47)29(23-44)59-42/h8-9,11-12,14-15,17-18,26-29,31-44,46-53H,3-7,10,13,16,19-25H2,1-2H3/b9-8-,12-11-,15-14-,18-17-/t26?,27-,28-,29-,31-,32-,33-,34+,35+,36-,37-,38-,39+,40-,41-,42+/m1/s1. The number of hydrogen-bond donors (Lipinski definition) is 10. The van der Waals surface area contributed by atoms with Crippen LogP contribution in [0, 0.1) is 0 Å². The molecule has 3 saturated heterocycles. The molecular weight excluding hydrogens is 792 g/mol. The van der Waals surface area contributed by atoms with E-state index in [1.165, 1.54) is 19.3 Å². The molecule has 346 valence electrons. The van der Waals surface area contributed by atoms with Crippen LogP contribution in [-0.2, 0) is 38.0 Å². The molecule has 0 saturated carbocycles. The summed E-state index contributed by atoms with van der Waals surface area (Å²) >= 11 is 0. The number of ether oxygens (including phenoxy) is 7. The number of rotatable bonds is 26. The van der Waals surface area contributed by atoms with Gasteiger partial charge in [-0.25, -0.2) is 0 Å². The smallest absolute Gasteiger partial charge is 0.306 e. The third-order valence-corrected chi connectivity index (χ3v) is 10.4. The van der Waals surface area contributed by atoms with Gasteiger partial charge in [-0.15, -0.1) is 0 Å². The van der Waals surface area contributed by atoms with Crippen molar-refractivity contribution in [2.24, 2.45) is 0 Å². The number of aliphatic hydroxyl groups excluding tert-OH is 10. The molecule has 0 radical (unpaired) electrons. The summed E-state index contributed by atoms with van der Waals surface area (Å²) < 4.78 is 39.4. The normalized spacial score (nSPS) is 35.9. The first-order valence-electron chi connectivity index (χ1n) is 21.2. The summed E-state index contributed by atoms with van der Waals surface area (Å²) in [6, 6.07) is 0. The molecule has 0 bridgehead atoms. The maximum absolute atomic E-state index is 13.0. The number of aliphatic hydroxyl groups is 10. The Labute approximate surface area is 352 Å². The van der Waals surface area contributed by atoms with E-state index in [0.29, 0.717) is 12.8 Å². The summed E-state index contributed by atoms with van der Waals surface area (Å²) in [4.78, 5) is 13.0. The molecule has 1 unspecified atom stereocenters. The minimum atomic E-state index is -1.82. The van der Waals surface area contributed by atoms with Crippen LogP contribution in [0.4, 0.5) is 0 Å². The maximum Gasteiger partial charge on any atom is 0.306 e. The van der Waals surface area contributed by atoms with E-state index in [1.54, 1.807) is 6.92 Å². The summed E-state index contributed by atoms with van der Waals surface area (Å²) in [6.45, 7) is 1.47. The number of hydrogen-bond acceptors (Lipinski definition) is 18. The van der Waals surface area contributed by atoms with Crippen molar-refractivity contribution >= 4 is 5.97 Å². The monoisotopic (exact) mass is 862 g/mol. The lowest BCUT2D eigenvalue weighted by Crippen LogP contribution is -2.64. The van der Waals surface area contributed by atoms with Gasteiger partial charge in [0.15, 0.2) is 18.9 Å². The fourth-order valence-electron chi connectivity index (χ4n) is 6.77. The van der Waals surface area contributed by atoms with Gasteiger partial charge in [0, 0.05) is 6.42 Å². The molecule has 3 rings (SSSR count). The Morgan fingerprint density at radius 2 is 1.02 bits per heavy atom. The van der Waals surface area contributed by atoms with Crippen molar-refractivity contribution in [3.63, 3.8) is 0 Å². The number of carbonyl (C=O) groups is 1. The highest BCUT2D eigenvalue weighted by Gasteiger charge is 2.51. The molecule has 3 aliphatic heterocycles. The van der Waals surface area contributed by atoms with Crippen LogP contribution in [0.15, 0.2) is 48.6 Å². The molecule has 3 heterocycles. The van der Waals surface area contributed by atoms with Crippen molar-refractivity contribution in [2.75, 3.05) is 26.4 Å². The average molecular weight is 863 g/mol. The van der Waals surface area contributed by atoms with E-state index in [-0.39, 0.29) is 12.8 Å². The SMILES string of the molecule is CCCCC/C=C\C/C=C\C/C=C\C/C=C\CCCC(=O)OC(CO[C@@H]1O[C@H](CO)[C@@H](O)[C@H](O)[C@H]1O)CO[C@@H]1O[C@H](CC)[C@@H](O)[C@H](O[C@@H]2O[C@H](CO)[C@@H](O)[C@H](O)[C@H]2O)[C@H]1O. The van der Waals surface area contributed by atoms with E-state index in [1.807, 2.05) is 12.2 Å². The van der Waals surface area contributed by atoms with Gasteiger partial charge in [-0.1, -0.05) is 75.3 Å². The summed E-state index contributed by atoms with van der Waals surface area (Å²) in [6.07, 6.45) is 0.713. The minimum Gasteiger partial charge on any atom is -0.457 e. The van der Waals surface area contributed by atoms with Crippen molar-refractivity contribution < 1.29 is 89.0 Å². The first-order valence-corrected chi connectivity index (χ1v) is 21.2. The molecular formula is C42H70O18. The van der Waals surface area contributed by atoms with Crippen molar-refractivity contribution in [1.82, 2.24) is 0 Å². The molecule has 0 amide bonds. The highest BCUT2D eigenvalue weighted by Crippen LogP contribution is 2.31. The van der Waals surface area contributed by atoms with Crippen LogP contribution in [0.5, 0.6) is 0 Å². The van der Waals surface area contributed by atoms with Gasteiger partial charge in [-0.2, -0.15) is 0 Å². The Morgan fingerprint density at radius 1 is 0.550 bits per heavy atom. The van der Waals surface area contributed by atoms with Gasteiger partial charge in [0.05, 0.1) is 32.5 Å². The van der Waals surface area contributed by atoms with Crippen molar-refractivity contribution in [3.8, 4) is 0 Å². The zero-order valence-corrected chi connectivity index (χ0v) is 34.7. The second-order valence-corrected chi connectivity index (χ2v) is 15.2. The van der Waals surface area contributed by atoms with E-state index in [9.17, 15) is 55.9 Å². The lowest BCUT2D eigenvalue weighted by atomic mass is 9.96. The van der Waals surface area contributed by atoms with Gasteiger partial charge in [-0.3, -0.25) is 4.79 Å². The number of esters is 1. The van der Waals surface area contributed by atoms with Gasteiger partial charge >= 0.3 is 5.97 Å². The third kappa shape index (κ3) is 16.5. The maximum atomic E-state index is 13.0.